The highest BCUT2D eigenvalue weighted by Crippen LogP contribution is 2.18. The Morgan fingerprint density at radius 1 is 1.17 bits per heavy atom. The van der Waals surface area contributed by atoms with Gasteiger partial charge in [-0.1, -0.05) is 18.2 Å². The second kappa shape index (κ2) is 7.27. The summed E-state index contributed by atoms with van der Waals surface area (Å²) in [7, 11) is 0. The summed E-state index contributed by atoms with van der Waals surface area (Å²) < 4.78 is 4.69. The van der Waals surface area contributed by atoms with Crippen LogP contribution >= 0.6 is 11.3 Å². The van der Waals surface area contributed by atoms with Crippen LogP contribution in [0.25, 0.3) is 0 Å². The van der Waals surface area contributed by atoms with Crippen molar-refractivity contribution in [2.45, 2.75) is 0 Å². The van der Waals surface area contributed by atoms with Crippen LogP contribution in [0.15, 0.2) is 41.8 Å². The van der Waals surface area contributed by atoms with E-state index in [9.17, 15) is 24.5 Å². The summed E-state index contributed by atoms with van der Waals surface area (Å²) in [6, 6.07) is 8.39. The quantitative estimate of drug-likeness (QED) is 0.506. The molecule has 0 aliphatic rings. The maximum absolute atomic E-state index is 11.8. The summed E-state index contributed by atoms with van der Waals surface area (Å²) in [5.41, 5.74) is -0.692. The van der Waals surface area contributed by atoms with Crippen molar-refractivity contribution in [3.8, 4) is 0 Å². The van der Waals surface area contributed by atoms with E-state index in [0.717, 1.165) is 17.4 Å². The molecule has 1 heterocycles. The third kappa shape index (κ3) is 4.20. The van der Waals surface area contributed by atoms with E-state index in [1.165, 1.54) is 24.3 Å². The molecule has 0 saturated carbocycles. The van der Waals surface area contributed by atoms with Gasteiger partial charge in [0, 0.05) is 6.07 Å². The highest BCUT2D eigenvalue weighted by molar-refractivity contribution is 7.12. The van der Waals surface area contributed by atoms with E-state index in [4.69, 9.17) is 4.74 Å². The fourth-order valence-corrected chi connectivity index (χ4v) is 2.27. The van der Waals surface area contributed by atoms with Crippen molar-refractivity contribution in [1.29, 1.82) is 0 Å². The highest BCUT2D eigenvalue weighted by Gasteiger charge is 2.21. The summed E-state index contributed by atoms with van der Waals surface area (Å²) in [6.07, 6.45) is 0. The third-order valence-corrected chi connectivity index (χ3v) is 3.52. The van der Waals surface area contributed by atoms with Crippen molar-refractivity contribution >= 4 is 34.8 Å². The van der Waals surface area contributed by atoms with Crippen molar-refractivity contribution in [3.63, 3.8) is 0 Å². The van der Waals surface area contributed by atoms with E-state index >= 15 is 0 Å². The van der Waals surface area contributed by atoms with E-state index in [-0.39, 0.29) is 5.56 Å². The van der Waals surface area contributed by atoms with Gasteiger partial charge in [0.05, 0.1) is 9.80 Å². The summed E-state index contributed by atoms with van der Waals surface area (Å²) >= 11 is 1.15. The summed E-state index contributed by atoms with van der Waals surface area (Å²) in [5.74, 6) is -2.45. The molecule has 0 fully saturated rings. The number of thiophene rings is 1. The minimum Gasteiger partial charge on any atom is -0.452 e. The average molecular weight is 334 g/mol. The van der Waals surface area contributed by atoms with Gasteiger partial charge in [-0.25, -0.2) is 4.79 Å². The van der Waals surface area contributed by atoms with Gasteiger partial charge < -0.3 is 4.74 Å². The molecule has 2 amide bonds. The number of benzene rings is 1. The molecule has 0 atom stereocenters. The van der Waals surface area contributed by atoms with Gasteiger partial charge in [-0.2, -0.15) is 0 Å². The monoisotopic (exact) mass is 334 g/mol. The Kier molecular flexibility index (Phi) is 5.15. The molecule has 2 rings (SSSR count). The second-order valence-electron chi connectivity index (χ2n) is 4.20. The number of nitrogens with one attached hydrogen (secondary N) is 1. The number of carbonyl (C=O) groups excluding carboxylic acids is 3. The standard InChI is InChI=1S/C14H10N2O6S/c17-12(15-13(18)11-6-3-7-23-11)8-22-14(19)9-4-1-2-5-10(9)16(20)21/h1-7H,8H2,(H,15,17,18). The van der Waals surface area contributed by atoms with Gasteiger partial charge in [0.15, 0.2) is 6.61 Å². The van der Waals surface area contributed by atoms with Crippen LogP contribution in [0.4, 0.5) is 5.69 Å². The Labute approximate surface area is 133 Å². The maximum atomic E-state index is 11.8. The molecule has 0 aliphatic carbocycles. The fourth-order valence-electron chi connectivity index (χ4n) is 1.65. The molecular weight excluding hydrogens is 324 g/mol. The zero-order valence-corrected chi connectivity index (χ0v) is 12.4. The van der Waals surface area contributed by atoms with Crippen LogP contribution in [-0.4, -0.2) is 29.3 Å². The van der Waals surface area contributed by atoms with Crippen LogP contribution in [0.5, 0.6) is 0 Å². The zero-order chi connectivity index (χ0) is 16.8. The summed E-state index contributed by atoms with van der Waals surface area (Å²) in [5, 5.41) is 14.5. The highest BCUT2D eigenvalue weighted by atomic mass is 32.1. The van der Waals surface area contributed by atoms with Crippen LogP contribution in [0, 0.1) is 10.1 Å². The van der Waals surface area contributed by atoms with Crippen molar-refractivity contribution in [3.05, 3.63) is 62.3 Å². The number of amides is 2. The average Bonchev–Trinajstić information content (AvgIpc) is 3.07. The van der Waals surface area contributed by atoms with Gasteiger partial charge in [-0.05, 0) is 17.5 Å². The molecule has 2 aromatic rings. The van der Waals surface area contributed by atoms with E-state index < -0.39 is 35.0 Å². The third-order valence-electron chi connectivity index (χ3n) is 2.65. The van der Waals surface area contributed by atoms with Crippen molar-refractivity contribution in [1.82, 2.24) is 5.32 Å². The van der Waals surface area contributed by atoms with E-state index in [1.807, 2.05) is 5.32 Å². The minimum atomic E-state index is -1.02. The number of hydrogen-bond donors (Lipinski definition) is 1. The molecule has 8 nitrogen and oxygen atoms in total. The van der Waals surface area contributed by atoms with Crippen LogP contribution in [0.2, 0.25) is 0 Å². The number of imide groups is 1. The number of esters is 1. The Morgan fingerprint density at radius 3 is 2.57 bits per heavy atom. The molecule has 0 spiro atoms. The molecule has 23 heavy (non-hydrogen) atoms. The van der Waals surface area contributed by atoms with Gasteiger partial charge in [-0.15, -0.1) is 11.3 Å². The van der Waals surface area contributed by atoms with Gasteiger partial charge >= 0.3 is 5.97 Å². The first-order chi connectivity index (χ1) is 11.0. The van der Waals surface area contributed by atoms with Crippen molar-refractivity contribution < 1.29 is 24.0 Å². The molecule has 0 saturated heterocycles. The SMILES string of the molecule is O=C(COC(=O)c1ccccc1[N+](=O)[O-])NC(=O)c1cccs1. The van der Waals surface area contributed by atoms with Crippen molar-refractivity contribution in [2.24, 2.45) is 0 Å². The Bertz CT molecular complexity index is 756. The number of rotatable bonds is 5. The molecule has 9 heteroatoms. The largest absolute Gasteiger partial charge is 0.452 e. The fraction of sp³-hybridized carbons (Fsp3) is 0.0714. The predicted molar refractivity (Wildman–Crippen MR) is 80.2 cm³/mol. The van der Waals surface area contributed by atoms with E-state index in [0.29, 0.717) is 4.88 Å². The van der Waals surface area contributed by atoms with E-state index in [1.54, 1.807) is 11.4 Å². The summed E-state index contributed by atoms with van der Waals surface area (Å²) in [6.45, 7) is -0.720. The molecule has 0 radical (unpaired) electrons. The van der Waals surface area contributed by atoms with Crippen molar-refractivity contribution in [2.75, 3.05) is 6.61 Å². The Balaban J connectivity index is 1.93. The van der Waals surface area contributed by atoms with Crippen LogP contribution in [0.3, 0.4) is 0 Å². The van der Waals surface area contributed by atoms with Gasteiger partial charge in [-0.3, -0.25) is 25.0 Å². The molecule has 0 unspecified atom stereocenters. The number of nitro groups is 1. The topological polar surface area (TPSA) is 116 Å². The number of carbonyl (C=O) groups is 3. The second-order valence-corrected chi connectivity index (χ2v) is 5.15. The number of nitrogens with zero attached hydrogens (tertiary/aromatic N) is 1. The lowest BCUT2D eigenvalue weighted by Gasteiger charge is -2.05. The minimum absolute atomic E-state index is 0.269. The lowest BCUT2D eigenvalue weighted by atomic mass is 10.2. The lowest BCUT2D eigenvalue weighted by molar-refractivity contribution is -0.385. The first-order valence-corrected chi connectivity index (χ1v) is 7.15. The predicted octanol–water partition coefficient (Wildman–Crippen LogP) is 1.77. The zero-order valence-electron chi connectivity index (χ0n) is 11.6. The smallest absolute Gasteiger partial charge is 0.345 e. The van der Waals surface area contributed by atoms with Gasteiger partial charge in [0.1, 0.15) is 5.56 Å². The number of nitro benzene ring substituents is 1. The van der Waals surface area contributed by atoms with E-state index in [2.05, 4.69) is 0 Å². The van der Waals surface area contributed by atoms with Crippen LogP contribution < -0.4 is 5.32 Å². The molecule has 0 aliphatic heterocycles. The Hall–Kier alpha value is -3.07. The van der Waals surface area contributed by atoms with Gasteiger partial charge in [0.2, 0.25) is 0 Å². The van der Waals surface area contributed by atoms with Crippen LogP contribution in [0.1, 0.15) is 20.0 Å². The molecule has 1 aromatic heterocycles. The number of ether oxygens (including phenoxy) is 1. The summed E-state index contributed by atoms with van der Waals surface area (Å²) in [4.78, 5) is 45.4. The Morgan fingerprint density at radius 2 is 1.91 bits per heavy atom. The lowest BCUT2D eigenvalue weighted by Crippen LogP contribution is -2.33. The molecule has 118 valence electrons. The normalized spacial score (nSPS) is 9.91. The molecule has 1 N–H and O–H groups in total. The number of para-hydroxylation sites is 1. The molecule has 1 aromatic carbocycles. The van der Waals surface area contributed by atoms with Gasteiger partial charge in [0.25, 0.3) is 17.5 Å². The molecule has 0 bridgehead atoms. The molecular formula is C14H10N2O6S. The van der Waals surface area contributed by atoms with Crippen LogP contribution in [-0.2, 0) is 9.53 Å². The first-order valence-electron chi connectivity index (χ1n) is 6.27. The number of hydrogen-bond acceptors (Lipinski definition) is 7. The first kappa shape index (κ1) is 16.3. The maximum Gasteiger partial charge on any atom is 0.345 e.